The van der Waals surface area contributed by atoms with Crippen molar-refractivity contribution in [3.05, 3.63) is 28.2 Å². The van der Waals surface area contributed by atoms with Crippen molar-refractivity contribution in [2.75, 3.05) is 13.1 Å². The van der Waals surface area contributed by atoms with Gasteiger partial charge < -0.3 is 0 Å². The molecule has 1 rings (SSSR count). The topological polar surface area (TPSA) is 37.4 Å². The van der Waals surface area contributed by atoms with Gasteiger partial charge in [-0.05, 0) is 37.1 Å². The van der Waals surface area contributed by atoms with Crippen LogP contribution in [0.2, 0.25) is 0 Å². The average molecular weight is 330 g/mol. The maximum absolute atomic E-state index is 12.4. The summed E-state index contributed by atoms with van der Waals surface area (Å²) in [6, 6.07) is 4.98. The summed E-state index contributed by atoms with van der Waals surface area (Å²) in [4.78, 5) is 0.284. The van der Waals surface area contributed by atoms with Crippen molar-refractivity contribution in [2.45, 2.75) is 25.2 Å². The third-order valence-corrected chi connectivity index (χ3v) is 5.24. The van der Waals surface area contributed by atoms with Gasteiger partial charge >= 0.3 is 0 Å². The summed E-state index contributed by atoms with van der Waals surface area (Å²) < 4.78 is 27.0. The molecule has 0 atom stereocenters. The Labute approximate surface area is 117 Å². The number of nitrogens with zero attached hydrogens (tertiary/aromatic N) is 1. The molecule has 0 amide bonds. The van der Waals surface area contributed by atoms with Gasteiger partial charge in [0.05, 0.1) is 11.4 Å². The number of terminal acetylenes is 1. The highest BCUT2D eigenvalue weighted by molar-refractivity contribution is 9.10. The van der Waals surface area contributed by atoms with Crippen molar-refractivity contribution < 1.29 is 8.42 Å². The zero-order valence-corrected chi connectivity index (χ0v) is 12.9. The first-order valence-corrected chi connectivity index (χ1v) is 7.86. The van der Waals surface area contributed by atoms with E-state index in [0.717, 1.165) is 16.5 Å². The molecule has 1 aromatic carbocycles. The number of hydrogen-bond acceptors (Lipinski definition) is 2. The molecule has 0 radical (unpaired) electrons. The maximum atomic E-state index is 12.4. The Morgan fingerprint density at radius 1 is 1.44 bits per heavy atom. The van der Waals surface area contributed by atoms with E-state index in [1.165, 1.54) is 4.31 Å². The van der Waals surface area contributed by atoms with E-state index in [-0.39, 0.29) is 11.4 Å². The van der Waals surface area contributed by atoms with E-state index in [9.17, 15) is 8.42 Å². The third-order valence-electron chi connectivity index (χ3n) is 2.51. The minimum absolute atomic E-state index is 0.102. The van der Waals surface area contributed by atoms with Crippen molar-refractivity contribution in [1.29, 1.82) is 0 Å². The summed E-state index contributed by atoms with van der Waals surface area (Å²) in [5.41, 5.74) is 0.883. The number of rotatable bonds is 5. The number of benzene rings is 1. The predicted octanol–water partition coefficient (Wildman–Crippen LogP) is 2.79. The van der Waals surface area contributed by atoms with Gasteiger partial charge in [-0.2, -0.15) is 4.31 Å². The van der Waals surface area contributed by atoms with Gasteiger partial charge in [0.15, 0.2) is 0 Å². The lowest BCUT2D eigenvalue weighted by Crippen LogP contribution is -2.32. The second kappa shape index (κ2) is 6.37. The number of aryl methyl sites for hydroxylation is 1. The van der Waals surface area contributed by atoms with E-state index in [2.05, 4.69) is 21.9 Å². The molecule has 0 saturated heterocycles. The van der Waals surface area contributed by atoms with Crippen LogP contribution in [0.1, 0.15) is 18.9 Å². The summed E-state index contributed by atoms with van der Waals surface area (Å²) in [5.74, 6) is 2.39. The molecule has 0 N–H and O–H groups in total. The van der Waals surface area contributed by atoms with Crippen molar-refractivity contribution in [2.24, 2.45) is 0 Å². The molecule has 0 heterocycles. The maximum Gasteiger partial charge on any atom is 0.243 e. The molecule has 5 heteroatoms. The highest BCUT2D eigenvalue weighted by Crippen LogP contribution is 2.22. The Balaban J connectivity index is 3.18. The van der Waals surface area contributed by atoms with Crippen LogP contribution in [-0.2, 0) is 10.0 Å². The highest BCUT2D eigenvalue weighted by atomic mass is 79.9. The largest absolute Gasteiger partial charge is 0.243 e. The Hall–Kier alpha value is -0.830. The molecule has 0 aliphatic heterocycles. The molecular formula is C13H16BrNO2S. The van der Waals surface area contributed by atoms with Gasteiger partial charge in [-0.15, -0.1) is 6.42 Å². The number of hydrogen-bond donors (Lipinski definition) is 0. The van der Waals surface area contributed by atoms with Crippen LogP contribution in [0.25, 0.3) is 0 Å². The van der Waals surface area contributed by atoms with Crippen molar-refractivity contribution in [1.82, 2.24) is 4.31 Å². The van der Waals surface area contributed by atoms with Crippen LogP contribution in [0, 0.1) is 19.3 Å². The first-order chi connectivity index (χ1) is 8.43. The molecule has 0 unspecified atom stereocenters. The van der Waals surface area contributed by atoms with Gasteiger partial charge in [0.2, 0.25) is 10.0 Å². The summed E-state index contributed by atoms with van der Waals surface area (Å²) in [6.07, 6.45) is 5.96. The van der Waals surface area contributed by atoms with E-state index >= 15 is 0 Å². The van der Waals surface area contributed by atoms with Crippen molar-refractivity contribution in [3.63, 3.8) is 0 Å². The van der Waals surface area contributed by atoms with E-state index in [1.807, 2.05) is 13.8 Å². The van der Waals surface area contributed by atoms with Crippen LogP contribution < -0.4 is 0 Å². The molecule has 1 aromatic rings. The monoisotopic (exact) mass is 329 g/mol. The fraction of sp³-hybridized carbons (Fsp3) is 0.385. The van der Waals surface area contributed by atoms with Crippen molar-refractivity contribution in [3.8, 4) is 12.3 Å². The van der Waals surface area contributed by atoms with Gasteiger partial charge in [0.1, 0.15) is 0 Å². The second-order valence-corrected chi connectivity index (χ2v) is 6.75. The van der Waals surface area contributed by atoms with Crippen LogP contribution in [0.15, 0.2) is 27.6 Å². The molecule has 18 heavy (non-hydrogen) atoms. The van der Waals surface area contributed by atoms with Crippen LogP contribution in [0.4, 0.5) is 0 Å². The van der Waals surface area contributed by atoms with E-state index in [4.69, 9.17) is 6.42 Å². The van der Waals surface area contributed by atoms with Gasteiger partial charge in [0, 0.05) is 11.0 Å². The Morgan fingerprint density at radius 2 is 2.11 bits per heavy atom. The summed E-state index contributed by atoms with van der Waals surface area (Å²) in [6.45, 7) is 4.31. The zero-order valence-electron chi connectivity index (χ0n) is 10.5. The fourth-order valence-corrected chi connectivity index (χ4v) is 3.34. The van der Waals surface area contributed by atoms with Crippen LogP contribution in [0.3, 0.4) is 0 Å². The van der Waals surface area contributed by atoms with Gasteiger partial charge in [-0.3, -0.25) is 0 Å². The summed E-state index contributed by atoms with van der Waals surface area (Å²) >= 11 is 3.35. The van der Waals surface area contributed by atoms with Gasteiger partial charge in [-0.1, -0.05) is 28.8 Å². The van der Waals surface area contributed by atoms with E-state index in [0.29, 0.717) is 6.54 Å². The molecule has 0 aliphatic carbocycles. The molecule has 0 saturated carbocycles. The lowest BCUT2D eigenvalue weighted by Gasteiger charge is -2.19. The third kappa shape index (κ3) is 3.35. The average Bonchev–Trinajstić information content (AvgIpc) is 2.32. The lowest BCUT2D eigenvalue weighted by atomic mass is 10.2. The smallest absolute Gasteiger partial charge is 0.207 e. The Bertz CT molecular complexity index is 561. The van der Waals surface area contributed by atoms with Gasteiger partial charge in [0.25, 0.3) is 0 Å². The lowest BCUT2D eigenvalue weighted by molar-refractivity contribution is 0.445. The zero-order chi connectivity index (χ0) is 13.8. The van der Waals surface area contributed by atoms with E-state index < -0.39 is 10.0 Å². The molecule has 0 fully saturated rings. The van der Waals surface area contributed by atoms with Crippen molar-refractivity contribution >= 4 is 26.0 Å². The van der Waals surface area contributed by atoms with E-state index in [1.54, 1.807) is 18.2 Å². The second-order valence-electron chi connectivity index (χ2n) is 3.95. The highest BCUT2D eigenvalue weighted by Gasteiger charge is 2.23. The molecule has 98 valence electrons. The molecule has 0 aromatic heterocycles. The quantitative estimate of drug-likeness (QED) is 0.779. The molecule has 0 spiro atoms. The standard InChI is InChI=1S/C13H16BrNO2S/c1-4-8-15(9-5-2)18(16,17)12-6-7-13(14)11(3)10-12/h1,6-7,10H,5,8-9H2,2-3H3. The van der Waals surface area contributed by atoms with Crippen LogP contribution in [0.5, 0.6) is 0 Å². The molecular weight excluding hydrogens is 314 g/mol. The fourth-order valence-electron chi connectivity index (χ4n) is 1.56. The number of halogens is 1. The molecule has 3 nitrogen and oxygen atoms in total. The predicted molar refractivity (Wildman–Crippen MR) is 76.8 cm³/mol. The summed E-state index contributed by atoms with van der Waals surface area (Å²) in [5, 5.41) is 0. The first-order valence-electron chi connectivity index (χ1n) is 5.63. The van der Waals surface area contributed by atoms with Crippen LogP contribution >= 0.6 is 15.9 Å². The van der Waals surface area contributed by atoms with Crippen LogP contribution in [-0.4, -0.2) is 25.8 Å². The summed E-state index contributed by atoms with van der Waals surface area (Å²) in [7, 11) is -3.49. The van der Waals surface area contributed by atoms with Gasteiger partial charge in [-0.25, -0.2) is 8.42 Å². The minimum Gasteiger partial charge on any atom is -0.207 e. The Morgan fingerprint density at radius 3 is 2.61 bits per heavy atom. The SMILES string of the molecule is C#CCN(CCC)S(=O)(=O)c1ccc(Br)c(C)c1. The first kappa shape index (κ1) is 15.2. The Kier molecular flexibility index (Phi) is 5.39. The normalized spacial score (nSPS) is 11.5. The minimum atomic E-state index is -3.49. The molecule has 0 bridgehead atoms. The number of sulfonamides is 1. The molecule has 0 aliphatic rings.